The van der Waals surface area contributed by atoms with Gasteiger partial charge in [-0.15, -0.1) is 13.2 Å². The summed E-state index contributed by atoms with van der Waals surface area (Å²) < 4.78 is 86.2. The lowest BCUT2D eigenvalue weighted by molar-refractivity contribution is -0.274. The van der Waals surface area contributed by atoms with E-state index in [9.17, 15) is 31.1 Å². The van der Waals surface area contributed by atoms with Crippen LogP contribution in [0.25, 0.3) is 6.08 Å². The average molecular weight is 381 g/mol. The largest absolute Gasteiger partial charge is 0.573 e. The van der Waals surface area contributed by atoms with E-state index in [1.165, 1.54) is 6.07 Å². The first-order valence-corrected chi connectivity index (χ1v) is 6.89. The number of alkyl halides is 6. The lowest BCUT2D eigenvalue weighted by atomic mass is 9.85. The van der Waals surface area contributed by atoms with Crippen LogP contribution in [0.1, 0.15) is 24.5 Å². The number of fused-ring (bicyclic) bond motifs is 1. The van der Waals surface area contributed by atoms with E-state index in [1.807, 2.05) is 0 Å². The molecule has 1 aliphatic rings. The quantitative estimate of drug-likeness (QED) is 0.800. The summed E-state index contributed by atoms with van der Waals surface area (Å²) in [5.41, 5.74) is -5.57. The first kappa shape index (κ1) is 19.4. The van der Waals surface area contributed by atoms with Crippen molar-refractivity contribution in [1.82, 2.24) is 0 Å². The zero-order chi connectivity index (χ0) is 19.9. The fourth-order valence-electron chi connectivity index (χ4n) is 2.53. The van der Waals surface area contributed by atoms with Gasteiger partial charge in [0.05, 0.1) is 11.1 Å². The van der Waals surface area contributed by atoms with Gasteiger partial charge in [-0.2, -0.15) is 18.4 Å². The predicted octanol–water partition coefficient (Wildman–Crippen LogP) is 4.03. The van der Waals surface area contributed by atoms with Gasteiger partial charge in [0.1, 0.15) is 17.6 Å². The number of benzene rings is 1. The number of nitrogens with zero attached hydrogens (tertiary/aromatic N) is 1. The van der Waals surface area contributed by atoms with Gasteiger partial charge in [-0.25, -0.2) is 4.79 Å². The molecule has 0 bridgehead atoms. The van der Waals surface area contributed by atoms with Crippen LogP contribution >= 0.6 is 0 Å². The number of hydrogen-bond donors (Lipinski definition) is 1. The lowest BCUT2D eigenvalue weighted by Crippen LogP contribution is -2.54. The molecule has 140 valence electrons. The minimum Gasteiger partial charge on any atom is -0.478 e. The normalized spacial score (nSPS) is 19.7. The molecule has 1 aromatic rings. The van der Waals surface area contributed by atoms with Crippen molar-refractivity contribution in [1.29, 1.82) is 5.26 Å². The molecule has 1 N–H and O–H groups in total. The molecule has 1 aliphatic heterocycles. The van der Waals surface area contributed by atoms with Crippen molar-refractivity contribution in [3.05, 3.63) is 28.8 Å². The SMILES string of the molecule is CCC1(C(F)(F)F)Oc2c(C#N)cc(OC(F)(F)F)cc2C=C1C(=O)O. The van der Waals surface area contributed by atoms with Gasteiger partial charge in [-0.1, -0.05) is 6.92 Å². The fourth-order valence-corrected chi connectivity index (χ4v) is 2.53. The molecule has 0 aliphatic carbocycles. The van der Waals surface area contributed by atoms with E-state index < -0.39 is 58.7 Å². The molecule has 0 saturated heterocycles. The molecule has 5 nitrogen and oxygen atoms in total. The molecule has 1 heterocycles. The van der Waals surface area contributed by atoms with E-state index in [0.717, 1.165) is 6.92 Å². The Morgan fingerprint density at radius 3 is 2.35 bits per heavy atom. The number of hydrogen-bond acceptors (Lipinski definition) is 4. The van der Waals surface area contributed by atoms with Crippen LogP contribution in [0, 0.1) is 11.3 Å². The van der Waals surface area contributed by atoms with Crippen LogP contribution in [0.15, 0.2) is 17.7 Å². The van der Waals surface area contributed by atoms with E-state index in [4.69, 9.17) is 15.1 Å². The summed E-state index contributed by atoms with van der Waals surface area (Å²) >= 11 is 0. The number of carbonyl (C=O) groups is 1. The van der Waals surface area contributed by atoms with Crippen molar-refractivity contribution < 1.29 is 45.7 Å². The molecule has 26 heavy (non-hydrogen) atoms. The van der Waals surface area contributed by atoms with Crippen LogP contribution < -0.4 is 9.47 Å². The molecular formula is C15H9F6NO4. The molecule has 11 heteroatoms. The maximum absolute atomic E-state index is 13.6. The van der Waals surface area contributed by atoms with E-state index >= 15 is 0 Å². The smallest absolute Gasteiger partial charge is 0.478 e. The highest BCUT2D eigenvalue weighted by molar-refractivity contribution is 5.96. The Bertz CT molecular complexity index is 821. The monoisotopic (exact) mass is 381 g/mol. The van der Waals surface area contributed by atoms with Crippen LogP contribution in [0.3, 0.4) is 0 Å². The van der Waals surface area contributed by atoms with Gasteiger partial charge < -0.3 is 14.6 Å². The van der Waals surface area contributed by atoms with E-state index in [-0.39, 0.29) is 0 Å². The Morgan fingerprint density at radius 2 is 1.92 bits per heavy atom. The Kier molecular flexibility index (Phi) is 4.57. The first-order valence-electron chi connectivity index (χ1n) is 6.89. The topological polar surface area (TPSA) is 79.5 Å². The molecule has 0 saturated carbocycles. The molecule has 0 spiro atoms. The van der Waals surface area contributed by atoms with Crippen molar-refractivity contribution in [3.63, 3.8) is 0 Å². The van der Waals surface area contributed by atoms with Crippen molar-refractivity contribution in [2.24, 2.45) is 0 Å². The zero-order valence-corrected chi connectivity index (χ0v) is 12.8. The number of carboxylic acid groups (broad SMARTS) is 1. The van der Waals surface area contributed by atoms with Crippen molar-refractivity contribution in [2.75, 3.05) is 0 Å². The maximum Gasteiger partial charge on any atom is 0.573 e. The number of halogens is 6. The Balaban J connectivity index is 2.74. The highest BCUT2D eigenvalue weighted by Gasteiger charge is 2.62. The highest BCUT2D eigenvalue weighted by atomic mass is 19.4. The van der Waals surface area contributed by atoms with Gasteiger partial charge in [0.25, 0.3) is 0 Å². The molecule has 1 unspecified atom stereocenters. The number of aliphatic carboxylic acids is 1. The van der Waals surface area contributed by atoms with Crippen molar-refractivity contribution >= 4 is 12.0 Å². The van der Waals surface area contributed by atoms with Crippen LogP contribution in [0.4, 0.5) is 26.3 Å². The fraction of sp³-hybridized carbons (Fsp3) is 0.333. The van der Waals surface area contributed by atoms with Gasteiger partial charge in [-0.3, -0.25) is 0 Å². The summed E-state index contributed by atoms with van der Waals surface area (Å²) in [6.07, 6.45) is -10.6. The van der Waals surface area contributed by atoms with Crippen LogP contribution in [-0.4, -0.2) is 29.2 Å². The lowest BCUT2D eigenvalue weighted by Gasteiger charge is -2.39. The number of nitriles is 1. The van der Waals surface area contributed by atoms with Crippen molar-refractivity contribution in [2.45, 2.75) is 31.5 Å². The summed E-state index contributed by atoms with van der Waals surface area (Å²) in [4.78, 5) is 11.3. The molecular weight excluding hydrogens is 372 g/mol. The molecule has 0 aromatic heterocycles. The molecule has 1 aromatic carbocycles. The van der Waals surface area contributed by atoms with E-state index in [2.05, 4.69) is 4.74 Å². The molecule has 0 radical (unpaired) electrons. The second kappa shape index (κ2) is 6.12. The minimum absolute atomic E-state index is 0.450. The van der Waals surface area contributed by atoms with Gasteiger partial charge in [0, 0.05) is 11.6 Å². The summed E-state index contributed by atoms with van der Waals surface area (Å²) in [6, 6.07) is 2.62. The highest BCUT2D eigenvalue weighted by Crippen LogP contribution is 2.49. The summed E-state index contributed by atoms with van der Waals surface area (Å²) in [6.45, 7) is 1.03. The molecule has 2 rings (SSSR count). The number of ether oxygens (including phenoxy) is 2. The summed E-state index contributed by atoms with van der Waals surface area (Å²) in [5, 5.41) is 18.2. The third-order valence-corrected chi connectivity index (χ3v) is 3.64. The standard InChI is InChI=1S/C15H9F6NO4/c1-2-13(14(16,17)18)10(12(23)24)5-7-3-9(25-15(19,20)21)4-8(6-22)11(7)26-13/h3-5H,2H2,1H3,(H,23,24). The summed E-state index contributed by atoms with van der Waals surface area (Å²) in [5.74, 6) is -3.53. The molecule has 0 amide bonds. The van der Waals surface area contributed by atoms with Crippen molar-refractivity contribution in [3.8, 4) is 17.6 Å². The third kappa shape index (κ3) is 3.26. The van der Waals surface area contributed by atoms with Crippen LogP contribution in [0.2, 0.25) is 0 Å². The van der Waals surface area contributed by atoms with Gasteiger partial charge in [0.2, 0.25) is 5.60 Å². The molecule has 1 atom stereocenters. The second-order valence-electron chi connectivity index (χ2n) is 5.19. The van der Waals surface area contributed by atoms with E-state index in [0.29, 0.717) is 18.2 Å². The van der Waals surface area contributed by atoms with Gasteiger partial charge in [-0.05, 0) is 18.6 Å². The van der Waals surface area contributed by atoms with Gasteiger partial charge in [0.15, 0.2) is 0 Å². The van der Waals surface area contributed by atoms with E-state index in [1.54, 1.807) is 0 Å². The molecule has 0 fully saturated rings. The Labute approximate surface area is 142 Å². The first-order chi connectivity index (χ1) is 11.8. The Morgan fingerprint density at radius 1 is 1.31 bits per heavy atom. The minimum atomic E-state index is -5.16. The second-order valence-corrected chi connectivity index (χ2v) is 5.19. The number of rotatable bonds is 3. The number of carboxylic acids is 1. The van der Waals surface area contributed by atoms with Crippen LogP contribution in [0.5, 0.6) is 11.5 Å². The third-order valence-electron chi connectivity index (χ3n) is 3.64. The average Bonchev–Trinajstić information content (AvgIpc) is 2.49. The van der Waals surface area contributed by atoms with Crippen LogP contribution in [-0.2, 0) is 4.79 Å². The van der Waals surface area contributed by atoms with Gasteiger partial charge >= 0.3 is 18.5 Å². The Hall–Kier alpha value is -2.90. The predicted molar refractivity (Wildman–Crippen MR) is 73.2 cm³/mol. The maximum atomic E-state index is 13.6. The summed E-state index contributed by atoms with van der Waals surface area (Å²) in [7, 11) is 0. The zero-order valence-electron chi connectivity index (χ0n) is 12.8.